The van der Waals surface area contributed by atoms with Crippen LogP contribution in [0.5, 0.6) is 0 Å². The average molecular weight is 435 g/mol. The van der Waals surface area contributed by atoms with Crippen LogP contribution in [0, 0.1) is 6.92 Å². The molecule has 0 radical (unpaired) electrons. The van der Waals surface area contributed by atoms with E-state index in [1.165, 1.54) is 0 Å². The third-order valence-electron chi connectivity index (χ3n) is 5.76. The molecule has 1 unspecified atom stereocenters. The van der Waals surface area contributed by atoms with E-state index in [1.54, 1.807) is 7.11 Å². The molecule has 166 valence electrons. The van der Waals surface area contributed by atoms with E-state index in [9.17, 15) is 5.11 Å². The first-order valence-corrected chi connectivity index (χ1v) is 10.7. The molecule has 0 bridgehead atoms. The Morgan fingerprint density at radius 2 is 1.94 bits per heavy atom. The van der Waals surface area contributed by atoms with E-state index in [4.69, 9.17) is 19.6 Å². The molecule has 9 heteroatoms. The number of aromatic amines is 1. The van der Waals surface area contributed by atoms with Crippen molar-refractivity contribution in [3.05, 3.63) is 54.1 Å². The number of methoxy groups -OCH3 is 1. The molecule has 4 heterocycles. The van der Waals surface area contributed by atoms with Gasteiger partial charge in [0.1, 0.15) is 11.9 Å². The van der Waals surface area contributed by atoms with Gasteiger partial charge in [0.25, 0.3) is 0 Å². The number of morpholine rings is 1. The van der Waals surface area contributed by atoms with E-state index in [0.717, 1.165) is 46.8 Å². The highest BCUT2D eigenvalue weighted by Crippen LogP contribution is 2.29. The highest BCUT2D eigenvalue weighted by Gasteiger charge is 2.21. The van der Waals surface area contributed by atoms with Crippen molar-refractivity contribution in [2.45, 2.75) is 13.0 Å². The normalized spacial score (nSPS) is 15.4. The maximum atomic E-state index is 9.76. The summed E-state index contributed by atoms with van der Waals surface area (Å²) < 4.78 is 12.7. The third-order valence-corrected chi connectivity index (χ3v) is 5.76. The number of rotatable bonds is 6. The van der Waals surface area contributed by atoms with Crippen molar-refractivity contribution in [1.82, 2.24) is 24.7 Å². The third kappa shape index (κ3) is 3.75. The molecule has 1 fully saturated rings. The van der Waals surface area contributed by atoms with Gasteiger partial charge in [0, 0.05) is 54.6 Å². The molecule has 3 aromatic heterocycles. The molecular weight excluding hydrogens is 408 g/mol. The standard InChI is InChI=1S/C23H26N6O3/c1-15-11-19(17-13-24-18-6-4-3-5-16(17)18)27-29(15)22-12-21(28-7-9-32-10-8-28)25-23(26-22)20(14-30)31-2/h3-6,11-13,20,24,30H,7-10,14H2,1-2H3. The topological polar surface area (TPSA) is 101 Å². The molecule has 0 amide bonds. The van der Waals surface area contributed by atoms with E-state index in [0.29, 0.717) is 24.9 Å². The molecule has 1 aliphatic heterocycles. The number of para-hydroxylation sites is 1. The van der Waals surface area contributed by atoms with Crippen molar-refractivity contribution in [3.63, 3.8) is 0 Å². The molecule has 0 saturated carbocycles. The Kier molecular flexibility index (Phi) is 5.60. The Hall–Kier alpha value is -3.27. The predicted octanol–water partition coefficient (Wildman–Crippen LogP) is 2.64. The number of aliphatic hydroxyl groups is 1. The molecule has 5 rings (SSSR count). The molecule has 2 N–H and O–H groups in total. The Labute approximate surface area is 185 Å². The number of aliphatic hydroxyl groups excluding tert-OH is 1. The van der Waals surface area contributed by atoms with Crippen LogP contribution in [0.1, 0.15) is 17.6 Å². The molecule has 1 aromatic carbocycles. The zero-order valence-corrected chi connectivity index (χ0v) is 18.2. The fourth-order valence-corrected chi connectivity index (χ4v) is 4.03. The largest absolute Gasteiger partial charge is 0.393 e. The summed E-state index contributed by atoms with van der Waals surface area (Å²) in [5, 5.41) is 15.8. The fraction of sp³-hybridized carbons (Fsp3) is 0.348. The lowest BCUT2D eigenvalue weighted by Crippen LogP contribution is -2.37. The minimum absolute atomic E-state index is 0.207. The van der Waals surface area contributed by atoms with Crippen LogP contribution in [-0.4, -0.2) is 69.9 Å². The van der Waals surface area contributed by atoms with Gasteiger partial charge in [0.05, 0.1) is 25.5 Å². The second-order valence-electron chi connectivity index (χ2n) is 7.78. The first kappa shape index (κ1) is 20.6. The summed E-state index contributed by atoms with van der Waals surface area (Å²) in [7, 11) is 1.54. The molecule has 1 saturated heterocycles. The number of nitrogens with zero attached hydrogens (tertiary/aromatic N) is 5. The summed E-state index contributed by atoms with van der Waals surface area (Å²) in [6.45, 7) is 4.57. The van der Waals surface area contributed by atoms with Gasteiger partial charge in [0.15, 0.2) is 11.6 Å². The van der Waals surface area contributed by atoms with Crippen LogP contribution in [0.15, 0.2) is 42.6 Å². The second kappa shape index (κ2) is 8.70. The number of hydrogen-bond acceptors (Lipinski definition) is 7. The summed E-state index contributed by atoms with van der Waals surface area (Å²) in [5.41, 5.74) is 3.91. The number of anilines is 1. The number of ether oxygens (including phenoxy) is 2. The highest BCUT2D eigenvalue weighted by atomic mass is 16.5. The first-order chi connectivity index (χ1) is 15.7. The van der Waals surface area contributed by atoms with Crippen molar-refractivity contribution in [3.8, 4) is 17.1 Å². The predicted molar refractivity (Wildman–Crippen MR) is 121 cm³/mol. The minimum Gasteiger partial charge on any atom is -0.393 e. The van der Waals surface area contributed by atoms with Gasteiger partial charge in [-0.05, 0) is 19.1 Å². The quantitative estimate of drug-likeness (QED) is 0.481. The van der Waals surface area contributed by atoms with Gasteiger partial charge in [-0.1, -0.05) is 18.2 Å². The van der Waals surface area contributed by atoms with Gasteiger partial charge in [-0.2, -0.15) is 5.10 Å². The van der Waals surface area contributed by atoms with Crippen LogP contribution in [0.2, 0.25) is 0 Å². The number of nitrogens with one attached hydrogen (secondary N) is 1. The Morgan fingerprint density at radius 3 is 2.72 bits per heavy atom. The van der Waals surface area contributed by atoms with Crippen molar-refractivity contribution in [1.29, 1.82) is 0 Å². The number of aryl methyl sites for hydroxylation is 1. The maximum Gasteiger partial charge on any atom is 0.164 e. The van der Waals surface area contributed by atoms with E-state index in [2.05, 4.69) is 20.9 Å². The number of H-pyrrole nitrogens is 1. The van der Waals surface area contributed by atoms with Crippen molar-refractivity contribution < 1.29 is 14.6 Å². The molecule has 4 aromatic rings. The minimum atomic E-state index is -0.612. The molecule has 0 aliphatic carbocycles. The van der Waals surface area contributed by atoms with Gasteiger partial charge in [-0.3, -0.25) is 0 Å². The van der Waals surface area contributed by atoms with Crippen LogP contribution >= 0.6 is 0 Å². The summed E-state index contributed by atoms with van der Waals surface area (Å²) >= 11 is 0. The number of fused-ring (bicyclic) bond motifs is 1. The molecule has 1 aliphatic rings. The van der Waals surface area contributed by atoms with E-state index in [1.807, 2.05) is 48.1 Å². The zero-order chi connectivity index (χ0) is 22.1. The van der Waals surface area contributed by atoms with Gasteiger partial charge in [-0.15, -0.1) is 0 Å². The maximum absolute atomic E-state index is 9.76. The highest BCUT2D eigenvalue weighted by molar-refractivity contribution is 5.94. The van der Waals surface area contributed by atoms with Crippen LogP contribution in [0.3, 0.4) is 0 Å². The molecule has 1 atom stereocenters. The first-order valence-electron chi connectivity index (χ1n) is 10.7. The van der Waals surface area contributed by atoms with Gasteiger partial charge >= 0.3 is 0 Å². The lowest BCUT2D eigenvalue weighted by atomic mass is 10.1. The summed E-state index contributed by atoms with van der Waals surface area (Å²) in [5.74, 6) is 1.83. The smallest absolute Gasteiger partial charge is 0.164 e. The zero-order valence-electron chi connectivity index (χ0n) is 18.2. The summed E-state index contributed by atoms with van der Waals surface area (Å²) in [6, 6.07) is 12.1. The molecule has 9 nitrogen and oxygen atoms in total. The van der Waals surface area contributed by atoms with Crippen LogP contribution in [-0.2, 0) is 9.47 Å². The van der Waals surface area contributed by atoms with E-state index >= 15 is 0 Å². The van der Waals surface area contributed by atoms with Crippen molar-refractivity contribution in [2.75, 3.05) is 44.9 Å². The molecule has 0 spiro atoms. The molecular formula is C23H26N6O3. The van der Waals surface area contributed by atoms with Crippen LogP contribution < -0.4 is 4.90 Å². The Balaban J connectivity index is 1.60. The lowest BCUT2D eigenvalue weighted by molar-refractivity contribution is 0.0422. The fourth-order valence-electron chi connectivity index (χ4n) is 4.03. The Morgan fingerprint density at radius 1 is 1.16 bits per heavy atom. The SMILES string of the molecule is COC(CO)c1nc(N2CCOCC2)cc(-n2nc(-c3c[nH]c4ccccc34)cc2C)n1. The van der Waals surface area contributed by atoms with Crippen LogP contribution in [0.25, 0.3) is 28.0 Å². The van der Waals surface area contributed by atoms with E-state index < -0.39 is 6.10 Å². The second-order valence-corrected chi connectivity index (χ2v) is 7.78. The van der Waals surface area contributed by atoms with Crippen molar-refractivity contribution >= 4 is 16.7 Å². The van der Waals surface area contributed by atoms with Crippen molar-refractivity contribution in [2.24, 2.45) is 0 Å². The molecule has 32 heavy (non-hydrogen) atoms. The van der Waals surface area contributed by atoms with E-state index in [-0.39, 0.29) is 6.61 Å². The summed E-state index contributed by atoms with van der Waals surface area (Å²) in [6.07, 6.45) is 1.37. The van der Waals surface area contributed by atoms with Gasteiger partial charge < -0.3 is 24.5 Å². The monoisotopic (exact) mass is 434 g/mol. The van der Waals surface area contributed by atoms with Gasteiger partial charge in [-0.25, -0.2) is 14.6 Å². The van der Waals surface area contributed by atoms with Gasteiger partial charge in [0.2, 0.25) is 0 Å². The summed E-state index contributed by atoms with van der Waals surface area (Å²) in [4.78, 5) is 14.8. The van der Waals surface area contributed by atoms with Crippen LogP contribution in [0.4, 0.5) is 5.82 Å². The lowest BCUT2D eigenvalue weighted by Gasteiger charge is -2.28. The number of hydrogen-bond donors (Lipinski definition) is 2. The average Bonchev–Trinajstić information content (AvgIpc) is 3.44. The Bertz CT molecular complexity index is 1220. The number of aromatic nitrogens is 5. The number of benzene rings is 1.